The zero-order chi connectivity index (χ0) is 19.6. The summed E-state index contributed by atoms with van der Waals surface area (Å²) in [5.41, 5.74) is 1.92. The van der Waals surface area contributed by atoms with Gasteiger partial charge in [0.2, 0.25) is 0 Å². The summed E-state index contributed by atoms with van der Waals surface area (Å²) in [4.78, 5) is 24.7. The number of aromatic nitrogens is 2. The highest BCUT2D eigenvalue weighted by Crippen LogP contribution is 2.38. The molecule has 142 valence electrons. The van der Waals surface area contributed by atoms with Gasteiger partial charge in [-0.05, 0) is 31.4 Å². The molecule has 2 heterocycles. The van der Waals surface area contributed by atoms with Gasteiger partial charge in [-0.25, -0.2) is 14.8 Å². The minimum absolute atomic E-state index is 0.0467. The van der Waals surface area contributed by atoms with Crippen molar-refractivity contribution in [3.8, 4) is 0 Å². The van der Waals surface area contributed by atoms with Crippen molar-refractivity contribution in [2.45, 2.75) is 26.3 Å². The van der Waals surface area contributed by atoms with E-state index in [1.807, 2.05) is 51.2 Å². The van der Waals surface area contributed by atoms with Crippen molar-refractivity contribution in [3.05, 3.63) is 52.2 Å². The van der Waals surface area contributed by atoms with Crippen LogP contribution in [0.15, 0.2) is 30.3 Å². The van der Waals surface area contributed by atoms with Gasteiger partial charge in [-0.15, -0.1) is 11.3 Å². The average molecular weight is 385 g/mol. The number of ether oxygens (including phenoxy) is 1. The Morgan fingerprint density at radius 3 is 2.59 bits per heavy atom. The molecule has 0 saturated heterocycles. The lowest BCUT2D eigenvalue weighted by Gasteiger charge is -2.30. The lowest BCUT2D eigenvalue weighted by molar-refractivity contribution is 0.0605. The van der Waals surface area contributed by atoms with Crippen molar-refractivity contribution in [3.63, 3.8) is 0 Å². The van der Waals surface area contributed by atoms with E-state index < -0.39 is 0 Å². The molecule has 3 rings (SSSR count). The molecular formula is C20H23N3O3S. The van der Waals surface area contributed by atoms with E-state index in [9.17, 15) is 9.90 Å². The van der Waals surface area contributed by atoms with Gasteiger partial charge < -0.3 is 14.7 Å². The molecule has 0 aliphatic carbocycles. The first kappa shape index (κ1) is 19.3. The first-order chi connectivity index (χ1) is 13.0. The van der Waals surface area contributed by atoms with E-state index >= 15 is 0 Å². The lowest BCUT2D eigenvalue weighted by atomic mass is 10.0. The fourth-order valence-corrected chi connectivity index (χ4v) is 4.43. The maximum Gasteiger partial charge on any atom is 0.348 e. The highest BCUT2D eigenvalue weighted by atomic mass is 32.1. The van der Waals surface area contributed by atoms with Crippen LogP contribution in [0, 0.1) is 13.8 Å². The van der Waals surface area contributed by atoms with E-state index in [4.69, 9.17) is 4.74 Å². The van der Waals surface area contributed by atoms with Crippen LogP contribution in [0.4, 0.5) is 5.82 Å². The van der Waals surface area contributed by atoms with E-state index in [0.29, 0.717) is 17.1 Å². The van der Waals surface area contributed by atoms with Crippen molar-refractivity contribution >= 4 is 33.3 Å². The number of aryl methyl sites for hydroxylation is 2. The monoisotopic (exact) mass is 385 g/mol. The first-order valence-corrected chi connectivity index (χ1v) is 9.54. The molecule has 0 spiro atoms. The second-order valence-corrected chi connectivity index (χ2v) is 7.37. The van der Waals surface area contributed by atoms with Gasteiger partial charge in [0.1, 0.15) is 21.3 Å². The normalized spacial score (nSPS) is 12.2. The number of esters is 1. The number of aliphatic hydroxyl groups is 1. The number of hydrogen-bond acceptors (Lipinski definition) is 7. The highest BCUT2D eigenvalue weighted by Gasteiger charge is 2.25. The third-order valence-corrected chi connectivity index (χ3v) is 5.81. The standard InChI is InChI=1S/C20H23N3O3S/c1-12-16-18(21-13(2)22-19(16)27-17(12)20(25)26-4)23(3)15(10-11-24)14-8-6-5-7-9-14/h5-9,15,24H,10-11H2,1-4H3. The molecule has 0 radical (unpaired) electrons. The molecule has 6 nitrogen and oxygen atoms in total. The topological polar surface area (TPSA) is 75.5 Å². The number of carbonyl (C=O) groups excluding carboxylic acids is 1. The summed E-state index contributed by atoms with van der Waals surface area (Å²) in [5.74, 6) is 1.03. The Balaban J connectivity index is 2.16. The summed E-state index contributed by atoms with van der Waals surface area (Å²) < 4.78 is 4.91. The lowest BCUT2D eigenvalue weighted by Crippen LogP contribution is -2.26. The minimum Gasteiger partial charge on any atom is -0.465 e. The number of nitrogens with zero attached hydrogens (tertiary/aromatic N) is 3. The van der Waals surface area contributed by atoms with E-state index in [0.717, 1.165) is 27.2 Å². The summed E-state index contributed by atoms with van der Waals surface area (Å²) in [6.07, 6.45) is 0.568. The van der Waals surface area contributed by atoms with Crippen LogP contribution < -0.4 is 4.90 Å². The average Bonchev–Trinajstić information content (AvgIpc) is 3.01. The molecule has 0 amide bonds. The molecular weight excluding hydrogens is 362 g/mol. The van der Waals surface area contributed by atoms with Crippen LogP contribution in [0.3, 0.4) is 0 Å². The number of carbonyl (C=O) groups is 1. The minimum atomic E-state index is -0.364. The second-order valence-electron chi connectivity index (χ2n) is 6.37. The van der Waals surface area contributed by atoms with E-state index in [1.165, 1.54) is 18.4 Å². The fraction of sp³-hybridized carbons (Fsp3) is 0.350. The predicted octanol–water partition coefficient (Wildman–Crippen LogP) is 3.65. The Kier molecular flexibility index (Phi) is 5.72. The van der Waals surface area contributed by atoms with Crippen LogP contribution in [-0.2, 0) is 4.74 Å². The zero-order valence-electron chi connectivity index (χ0n) is 15.9. The zero-order valence-corrected chi connectivity index (χ0v) is 16.7. The fourth-order valence-electron chi connectivity index (χ4n) is 3.29. The number of thiophene rings is 1. The quantitative estimate of drug-likeness (QED) is 0.653. The molecule has 1 unspecified atom stereocenters. The molecule has 1 N–H and O–H groups in total. The third kappa shape index (κ3) is 3.65. The maximum absolute atomic E-state index is 12.1. The molecule has 3 aromatic rings. The molecule has 0 fully saturated rings. The number of benzene rings is 1. The van der Waals surface area contributed by atoms with Crippen molar-refractivity contribution in [2.24, 2.45) is 0 Å². The molecule has 0 aliphatic heterocycles. The third-order valence-electron chi connectivity index (χ3n) is 4.64. The molecule has 0 aliphatic rings. The smallest absolute Gasteiger partial charge is 0.348 e. The molecule has 7 heteroatoms. The number of fused-ring (bicyclic) bond motifs is 1. The van der Waals surface area contributed by atoms with E-state index in [1.54, 1.807) is 0 Å². The van der Waals surface area contributed by atoms with Crippen LogP contribution in [0.5, 0.6) is 0 Å². The molecule has 2 aromatic heterocycles. The van der Waals surface area contributed by atoms with Crippen molar-refractivity contribution in [2.75, 3.05) is 25.7 Å². The Morgan fingerprint density at radius 1 is 1.26 bits per heavy atom. The molecule has 0 bridgehead atoms. The molecule has 1 atom stereocenters. The van der Waals surface area contributed by atoms with Gasteiger partial charge in [0.25, 0.3) is 0 Å². The summed E-state index contributed by atoms with van der Waals surface area (Å²) in [5, 5.41) is 10.5. The van der Waals surface area contributed by atoms with Crippen LogP contribution in [0.2, 0.25) is 0 Å². The SMILES string of the molecule is COC(=O)c1sc2nc(C)nc(N(C)C(CCO)c3ccccc3)c2c1C. The number of hydrogen-bond donors (Lipinski definition) is 1. The van der Waals surface area contributed by atoms with Gasteiger partial charge in [0.05, 0.1) is 18.5 Å². The Bertz CT molecular complexity index is 956. The maximum atomic E-state index is 12.1. The molecule has 1 aromatic carbocycles. The van der Waals surface area contributed by atoms with Crippen LogP contribution in [0.1, 0.15) is 39.1 Å². The number of rotatable bonds is 6. The Labute approximate surface area is 162 Å². The van der Waals surface area contributed by atoms with Crippen LogP contribution >= 0.6 is 11.3 Å². The van der Waals surface area contributed by atoms with E-state index in [-0.39, 0.29) is 18.6 Å². The number of anilines is 1. The van der Waals surface area contributed by atoms with Crippen LogP contribution in [-0.4, -0.2) is 41.8 Å². The summed E-state index contributed by atoms with van der Waals surface area (Å²) in [6.45, 7) is 3.80. The Morgan fingerprint density at radius 2 is 1.96 bits per heavy atom. The van der Waals surface area contributed by atoms with Gasteiger partial charge in [0.15, 0.2) is 0 Å². The van der Waals surface area contributed by atoms with Gasteiger partial charge in [-0.2, -0.15) is 0 Å². The summed E-state index contributed by atoms with van der Waals surface area (Å²) >= 11 is 1.32. The van der Waals surface area contributed by atoms with Gasteiger partial charge in [0, 0.05) is 13.7 Å². The number of aliphatic hydroxyl groups excluding tert-OH is 1. The van der Waals surface area contributed by atoms with E-state index in [2.05, 4.69) is 14.9 Å². The largest absolute Gasteiger partial charge is 0.465 e. The van der Waals surface area contributed by atoms with Gasteiger partial charge >= 0.3 is 5.97 Å². The van der Waals surface area contributed by atoms with Gasteiger partial charge in [-0.3, -0.25) is 0 Å². The van der Waals surface area contributed by atoms with Crippen LogP contribution in [0.25, 0.3) is 10.2 Å². The summed E-state index contributed by atoms with van der Waals surface area (Å²) in [6, 6.07) is 9.98. The molecule has 0 saturated carbocycles. The predicted molar refractivity (Wildman–Crippen MR) is 108 cm³/mol. The van der Waals surface area contributed by atoms with Gasteiger partial charge in [-0.1, -0.05) is 30.3 Å². The Hall–Kier alpha value is -2.51. The van der Waals surface area contributed by atoms with Crippen molar-refractivity contribution in [1.82, 2.24) is 9.97 Å². The number of methoxy groups -OCH3 is 1. The summed E-state index contributed by atoms with van der Waals surface area (Å²) in [7, 11) is 3.34. The molecule has 27 heavy (non-hydrogen) atoms. The second kappa shape index (κ2) is 8.02. The van der Waals surface area contributed by atoms with Crippen molar-refractivity contribution in [1.29, 1.82) is 0 Å². The highest BCUT2D eigenvalue weighted by molar-refractivity contribution is 7.20. The van der Waals surface area contributed by atoms with Crippen molar-refractivity contribution < 1.29 is 14.6 Å². The first-order valence-electron chi connectivity index (χ1n) is 8.72.